The first kappa shape index (κ1) is 21.1. The second kappa shape index (κ2) is 7.67. The third kappa shape index (κ3) is 2.94. The predicted octanol–water partition coefficient (Wildman–Crippen LogP) is 10.2. The van der Waals surface area contributed by atoms with E-state index in [2.05, 4.69) is 125 Å². The van der Waals surface area contributed by atoms with Gasteiger partial charge in [0.05, 0.1) is 0 Å². The number of rotatable bonds is 2. The highest BCUT2D eigenvalue weighted by Gasteiger charge is 2.30. The first-order valence-electron chi connectivity index (χ1n) is 12.8. The normalized spacial score (nSPS) is 11.9. The van der Waals surface area contributed by atoms with Crippen LogP contribution in [-0.4, -0.2) is 0 Å². The zero-order valence-corrected chi connectivity index (χ0v) is 21.2. The SMILES string of the molecule is Cc1cccc(-c2c3c(c(-c4cccc(C)c4)c4cc(C)ccc24)-c2ccc(C)c4cccc-3c24)c1. The number of hydrogen-bond acceptors (Lipinski definition) is 0. The van der Waals surface area contributed by atoms with Gasteiger partial charge in [0.2, 0.25) is 0 Å². The van der Waals surface area contributed by atoms with Crippen molar-refractivity contribution in [1.29, 1.82) is 0 Å². The maximum absolute atomic E-state index is 2.39. The molecule has 0 N–H and O–H groups in total. The van der Waals surface area contributed by atoms with Crippen LogP contribution in [-0.2, 0) is 0 Å². The summed E-state index contributed by atoms with van der Waals surface area (Å²) in [7, 11) is 0. The smallest absolute Gasteiger partial charge is 0.000741 e. The molecule has 6 aromatic carbocycles. The largest absolute Gasteiger partial charge is 0.0614 e. The van der Waals surface area contributed by atoms with Crippen LogP contribution in [0.2, 0.25) is 0 Å². The Morgan fingerprint density at radius 3 is 1.64 bits per heavy atom. The lowest BCUT2D eigenvalue weighted by Gasteiger charge is -2.21. The van der Waals surface area contributed by atoms with Crippen LogP contribution in [0.4, 0.5) is 0 Å². The minimum atomic E-state index is 1.29. The van der Waals surface area contributed by atoms with E-state index in [4.69, 9.17) is 0 Å². The lowest BCUT2D eigenvalue weighted by molar-refractivity contribution is 1.46. The molecule has 0 atom stereocenters. The molecule has 1 aliphatic carbocycles. The van der Waals surface area contributed by atoms with Crippen LogP contribution in [0, 0.1) is 27.7 Å². The van der Waals surface area contributed by atoms with Gasteiger partial charge in [-0.05, 0) is 99.3 Å². The summed E-state index contributed by atoms with van der Waals surface area (Å²) in [6.45, 7) is 8.82. The molecular formula is C36H28. The molecule has 0 aliphatic heterocycles. The van der Waals surface area contributed by atoms with Crippen LogP contribution in [0.15, 0.2) is 97.1 Å². The third-order valence-corrected chi connectivity index (χ3v) is 7.87. The lowest BCUT2D eigenvalue weighted by Crippen LogP contribution is -1.94. The van der Waals surface area contributed by atoms with Gasteiger partial charge in [0.25, 0.3) is 0 Å². The zero-order valence-electron chi connectivity index (χ0n) is 21.2. The van der Waals surface area contributed by atoms with Gasteiger partial charge >= 0.3 is 0 Å². The van der Waals surface area contributed by atoms with E-state index >= 15 is 0 Å². The summed E-state index contributed by atoms with van der Waals surface area (Å²) in [5, 5.41) is 5.40. The van der Waals surface area contributed by atoms with Crippen LogP contribution >= 0.6 is 0 Å². The maximum atomic E-state index is 2.39. The van der Waals surface area contributed by atoms with E-state index in [9.17, 15) is 0 Å². The van der Waals surface area contributed by atoms with Crippen LogP contribution < -0.4 is 0 Å². The Morgan fingerprint density at radius 1 is 0.389 bits per heavy atom. The monoisotopic (exact) mass is 460 g/mol. The van der Waals surface area contributed by atoms with Gasteiger partial charge in [-0.15, -0.1) is 0 Å². The van der Waals surface area contributed by atoms with E-state index in [1.807, 2.05) is 0 Å². The van der Waals surface area contributed by atoms with Crippen LogP contribution in [0.3, 0.4) is 0 Å². The number of fused-ring (bicyclic) bond motifs is 4. The third-order valence-electron chi connectivity index (χ3n) is 7.87. The average molecular weight is 461 g/mol. The first-order valence-corrected chi connectivity index (χ1v) is 12.8. The Labute approximate surface area is 212 Å². The predicted molar refractivity (Wildman–Crippen MR) is 156 cm³/mol. The molecule has 0 amide bonds. The molecule has 7 rings (SSSR count). The van der Waals surface area contributed by atoms with Crippen molar-refractivity contribution >= 4 is 21.5 Å². The molecule has 0 bridgehead atoms. The molecule has 0 fully saturated rings. The second-order valence-electron chi connectivity index (χ2n) is 10.4. The fourth-order valence-corrected chi connectivity index (χ4v) is 6.31. The number of hydrogen-bond donors (Lipinski definition) is 0. The summed E-state index contributed by atoms with van der Waals surface area (Å²) in [6, 6.07) is 36.5. The minimum Gasteiger partial charge on any atom is -0.0614 e. The van der Waals surface area contributed by atoms with Crippen molar-refractivity contribution < 1.29 is 0 Å². The van der Waals surface area contributed by atoms with Gasteiger partial charge in [0.15, 0.2) is 0 Å². The van der Waals surface area contributed by atoms with Gasteiger partial charge in [0.1, 0.15) is 0 Å². The molecule has 1 aliphatic rings. The van der Waals surface area contributed by atoms with Crippen molar-refractivity contribution in [3.63, 3.8) is 0 Å². The van der Waals surface area contributed by atoms with E-state index in [1.54, 1.807) is 0 Å². The van der Waals surface area contributed by atoms with E-state index in [1.165, 1.54) is 88.3 Å². The Balaban J connectivity index is 1.78. The number of benzene rings is 6. The van der Waals surface area contributed by atoms with Crippen molar-refractivity contribution in [2.24, 2.45) is 0 Å². The number of aryl methyl sites for hydroxylation is 4. The van der Waals surface area contributed by atoms with E-state index in [0.717, 1.165) is 0 Å². The molecule has 36 heavy (non-hydrogen) atoms. The minimum absolute atomic E-state index is 1.29. The van der Waals surface area contributed by atoms with E-state index in [0.29, 0.717) is 0 Å². The van der Waals surface area contributed by atoms with Crippen molar-refractivity contribution in [2.45, 2.75) is 27.7 Å². The van der Waals surface area contributed by atoms with Gasteiger partial charge < -0.3 is 0 Å². The van der Waals surface area contributed by atoms with Crippen LogP contribution in [0.5, 0.6) is 0 Å². The van der Waals surface area contributed by atoms with E-state index in [-0.39, 0.29) is 0 Å². The fraction of sp³-hybridized carbons (Fsp3) is 0.111. The van der Waals surface area contributed by atoms with Gasteiger partial charge in [-0.2, -0.15) is 0 Å². The van der Waals surface area contributed by atoms with Crippen LogP contribution in [0.1, 0.15) is 22.3 Å². The summed E-state index contributed by atoms with van der Waals surface area (Å²) in [5.74, 6) is 0. The summed E-state index contributed by atoms with van der Waals surface area (Å²) in [6.07, 6.45) is 0. The molecule has 0 spiro atoms. The molecule has 0 unspecified atom stereocenters. The quantitative estimate of drug-likeness (QED) is 0.241. The van der Waals surface area contributed by atoms with Crippen molar-refractivity contribution in [3.8, 4) is 44.5 Å². The Kier molecular flexibility index (Phi) is 4.51. The fourth-order valence-electron chi connectivity index (χ4n) is 6.31. The molecule has 0 heterocycles. The summed E-state index contributed by atoms with van der Waals surface area (Å²) >= 11 is 0. The molecule has 0 aromatic heterocycles. The lowest BCUT2D eigenvalue weighted by atomic mass is 9.82. The average Bonchev–Trinajstić information content (AvgIpc) is 3.19. The molecule has 0 nitrogen and oxygen atoms in total. The highest BCUT2D eigenvalue weighted by atomic mass is 14.3. The molecule has 172 valence electrons. The van der Waals surface area contributed by atoms with Gasteiger partial charge in [0, 0.05) is 0 Å². The van der Waals surface area contributed by atoms with E-state index < -0.39 is 0 Å². The standard InChI is InChI=1S/C36H28/c1-21-8-5-10-25(18-21)32-28-16-14-23(3)20-31(28)33(26-11-6-9-22(2)19-26)36-30-17-15-24(4)27-12-7-13-29(34(27)30)35(32)36/h5-20H,1-4H3. The highest BCUT2D eigenvalue weighted by molar-refractivity contribution is 6.27. The molecule has 0 radical (unpaired) electrons. The summed E-state index contributed by atoms with van der Waals surface area (Å²) in [5.41, 5.74) is 15.9. The molecule has 6 aromatic rings. The second-order valence-corrected chi connectivity index (χ2v) is 10.4. The van der Waals surface area contributed by atoms with Gasteiger partial charge in [-0.3, -0.25) is 0 Å². The zero-order chi connectivity index (χ0) is 24.6. The summed E-state index contributed by atoms with van der Waals surface area (Å²) in [4.78, 5) is 0. The Morgan fingerprint density at radius 2 is 0.972 bits per heavy atom. The molecule has 0 saturated heterocycles. The van der Waals surface area contributed by atoms with Crippen molar-refractivity contribution in [3.05, 3.63) is 119 Å². The van der Waals surface area contributed by atoms with Crippen LogP contribution in [0.25, 0.3) is 66.1 Å². The topological polar surface area (TPSA) is 0 Å². The Bertz CT molecular complexity index is 1870. The van der Waals surface area contributed by atoms with Crippen molar-refractivity contribution in [1.82, 2.24) is 0 Å². The summed E-state index contributed by atoms with van der Waals surface area (Å²) < 4.78 is 0. The maximum Gasteiger partial charge on any atom is -0.000741 e. The molecule has 0 saturated carbocycles. The Hall–Kier alpha value is -4.16. The molecular weight excluding hydrogens is 432 g/mol. The van der Waals surface area contributed by atoms with Gasteiger partial charge in [-0.25, -0.2) is 0 Å². The van der Waals surface area contributed by atoms with Crippen molar-refractivity contribution in [2.75, 3.05) is 0 Å². The highest BCUT2D eigenvalue weighted by Crippen LogP contribution is 2.58. The molecule has 0 heteroatoms. The first-order chi connectivity index (χ1) is 17.5. The van der Waals surface area contributed by atoms with Gasteiger partial charge in [-0.1, -0.05) is 114 Å².